The number of hydrogen-bond acceptors (Lipinski definition) is 5. The summed E-state index contributed by atoms with van der Waals surface area (Å²) in [5.74, 6) is -0.0329. The van der Waals surface area contributed by atoms with Crippen LogP contribution in [0.2, 0.25) is 0 Å². The van der Waals surface area contributed by atoms with Gasteiger partial charge in [0.05, 0.1) is 25.4 Å². The molecule has 0 heterocycles. The van der Waals surface area contributed by atoms with E-state index in [-0.39, 0.29) is 18.5 Å². The van der Waals surface area contributed by atoms with Crippen LogP contribution < -0.4 is 5.32 Å². The van der Waals surface area contributed by atoms with Crippen molar-refractivity contribution < 1.29 is 24.5 Å². The van der Waals surface area contributed by atoms with Gasteiger partial charge in [0.1, 0.15) is 0 Å². The van der Waals surface area contributed by atoms with E-state index in [1.807, 2.05) is 0 Å². The molecule has 408 valence electrons. The predicted molar refractivity (Wildman–Crippen MR) is 301 cm³/mol. The minimum absolute atomic E-state index is 0.00414. The largest absolute Gasteiger partial charge is 0.466 e. The highest BCUT2D eigenvalue weighted by Crippen LogP contribution is 2.18. The van der Waals surface area contributed by atoms with Crippen LogP contribution in [0.1, 0.15) is 341 Å². The van der Waals surface area contributed by atoms with Crippen LogP contribution in [0.5, 0.6) is 0 Å². The van der Waals surface area contributed by atoms with E-state index >= 15 is 0 Å². The number of carbonyl (C=O) groups is 2. The predicted octanol–water partition coefficient (Wildman–Crippen LogP) is 19.4. The zero-order valence-corrected chi connectivity index (χ0v) is 46.6. The van der Waals surface area contributed by atoms with Crippen molar-refractivity contribution in [3.8, 4) is 0 Å². The van der Waals surface area contributed by atoms with E-state index in [1.54, 1.807) is 0 Å². The van der Waals surface area contributed by atoms with Crippen LogP contribution in [0.15, 0.2) is 24.3 Å². The van der Waals surface area contributed by atoms with Crippen molar-refractivity contribution in [2.75, 3.05) is 13.2 Å². The standard InChI is InChI=1S/C63H121NO5/c1-3-5-7-9-11-13-15-17-19-20-21-25-29-33-37-41-45-49-53-57-63(68)69-58-54-50-46-42-38-34-30-26-23-22-24-28-32-36-40-44-48-52-56-62(67)64-60(59-65)61(66)55-51-47-43-39-35-31-27-18-16-14-12-10-8-6-4-2/h11,13,17,19,60-61,65-66H,3-10,12,14-16,18,20-59H2,1-2H3,(H,64,67)/b13-11-,19-17-. The van der Waals surface area contributed by atoms with Gasteiger partial charge in [0.2, 0.25) is 5.91 Å². The SMILES string of the molecule is CCCCC/C=C\C/C=C\CCCCCCCCCCCC(=O)OCCCCCCCCCCCCCCCCCCCCC(=O)NC(CO)C(O)CCCCCCCCCCCCCCCCC. The van der Waals surface area contributed by atoms with Crippen LogP contribution in [0.4, 0.5) is 0 Å². The molecule has 6 nitrogen and oxygen atoms in total. The molecule has 2 atom stereocenters. The van der Waals surface area contributed by atoms with Gasteiger partial charge in [-0.25, -0.2) is 0 Å². The molecule has 3 N–H and O–H groups in total. The monoisotopic (exact) mass is 972 g/mol. The first-order chi connectivity index (χ1) is 34.0. The highest BCUT2D eigenvalue weighted by Gasteiger charge is 2.20. The summed E-state index contributed by atoms with van der Waals surface area (Å²) in [6, 6.07) is -0.544. The lowest BCUT2D eigenvalue weighted by Crippen LogP contribution is -2.45. The first kappa shape index (κ1) is 67.3. The quantitative estimate of drug-likeness (QED) is 0.0321. The molecule has 0 bridgehead atoms. The Morgan fingerprint density at radius 1 is 0.406 bits per heavy atom. The fourth-order valence-corrected chi connectivity index (χ4v) is 9.73. The van der Waals surface area contributed by atoms with Crippen LogP contribution in [0, 0.1) is 0 Å². The van der Waals surface area contributed by atoms with Crippen molar-refractivity contribution in [2.45, 2.75) is 353 Å². The molecule has 1 amide bonds. The Morgan fingerprint density at radius 2 is 0.725 bits per heavy atom. The molecule has 0 fully saturated rings. The second-order valence-electron chi connectivity index (χ2n) is 21.4. The third-order valence-corrected chi connectivity index (χ3v) is 14.5. The number of rotatable bonds is 58. The molecule has 0 radical (unpaired) electrons. The minimum atomic E-state index is -0.667. The summed E-state index contributed by atoms with van der Waals surface area (Å²) in [7, 11) is 0. The Hall–Kier alpha value is -1.66. The van der Waals surface area contributed by atoms with E-state index in [4.69, 9.17) is 4.74 Å². The molecule has 0 rings (SSSR count). The Kier molecular flexibility index (Phi) is 57.5. The van der Waals surface area contributed by atoms with Gasteiger partial charge in [-0.05, 0) is 57.8 Å². The number of aliphatic hydroxyl groups excluding tert-OH is 2. The number of aliphatic hydroxyl groups is 2. The number of hydrogen-bond donors (Lipinski definition) is 3. The van der Waals surface area contributed by atoms with E-state index in [2.05, 4.69) is 43.5 Å². The van der Waals surface area contributed by atoms with Gasteiger partial charge in [-0.1, -0.05) is 295 Å². The molecule has 0 aliphatic heterocycles. The summed E-state index contributed by atoms with van der Waals surface area (Å²) in [5.41, 5.74) is 0. The normalized spacial score (nSPS) is 12.7. The summed E-state index contributed by atoms with van der Waals surface area (Å²) in [6.45, 7) is 4.94. The van der Waals surface area contributed by atoms with E-state index in [0.29, 0.717) is 25.9 Å². The van der Waals surface area contributed by atoms with Gasteiger partial charge in [-0.3, -0.25) is 9.59 Å². The van der Waals surface area contributed by atoms with Crippen molar-refractivity contribution in [2.24, 2.45) is 0 Å². The van der Waals surface area contributed by atoms with Crippen molar-refractivity contribution in [1.82, 2.24) is 5.32 Å². The zero-order chi connectivity index (χ0) is 50.0. The van der Waals surface area contributed by atoms with Crippen LogP contribution in [-0.2, 0) is 14.3 Å². The first-order valence-corrected chi connectivity index (χ1v) is 31.1. The molecule has 69 heavy (non-hydrogen) atoms. The third kappa shape index (κ3) is 55.5. The van der Waals surface area contributed by atoms with Gasteiger partial charge in [-0.2, -0.15) is 0 Å². The second kappa shape index (κ2) is 58.9. The number of unbranched alkanes of at least 4 members (excludes halogenated alkanes) is 43. The van der Waals surface area contributed by atoms with Crippen LogP contribution in [0.25, 0.3) is 0 Å². The maximum atomic E-state index is 12.5. The second-order valence-corrected chi connectivity index (χ2v) is 21.4. The average molecular weight is 973 g/mol. The molecular weight excluding hydrogens is 851 g/mol. The van der Waals surface area contributed by atoms with E-state index < -0.39 is 12.1 Å². The Labute approximate surface area is 431 Å². The molecule has 0 aliphatic rings. The molecule has 2 unspecified atom stereocenters. The van der Waals surface area contributed by atoms with Gasteiger partial charge >= 0.3 is 5.97 Å². The van der Waals surface area contributed by atoms with Crippen molar-refractivity contribution in [1.29, 1.82) is 0 Å². The Bertz CT molecular complexity index is 1080. The molecule has 0 aromatic rings. The van der Waals surface area contributed by atoms with E-state index in [9.17, 15) is 19.8 Å². The summed E-state index contributed by atoms with van der Waals surface area (Å²) in [6.07, 6.45) is 71.8. The Morgan fingerprint density at radius 3 is 1.13 bits per heavy atom. The number of ether oxygens (including phenoxy) is 1. The highest BCUT2D eigenvalue weighted by molar-refractivity contribution is 5.76. The maximum Gasteiger partial charge on any atom is 0.305 e. The molecule has 0 aromatic carbocycles. The number of amides is 1. The fraction of sp³-hybridized carbons (Fsp3) is 0.905. The van der Waals surface area contributed by atoms with Gasteiger partial charge in [0.25, 0.3) is 0 Å². The molecule has 0 aliphatic carbocycles. The molecule has 0 aromatic heterocycles. The molecule has 0 spiro atoms. The maximum absolute atomic E-state index is 12.5. The number of nitrogens with one attached hydrogen (secondary N) is 1. The van der Waals surface area contributed by atoms with Crippen molar-refractivity contribution in [3.63, 3.8) is 0 Å². The molecule has 0 saturated carbocycles. The average Bonchev–Trinajstić information content (AvgIpc) is 3.35. The lowest BCUT2D eigenvalue weighted by atomic mass is 10.0. The third-order valence-electron chi connectivity index (χ3n) is 14.5. The van der Waals surface area contributed by atoms with Gasteiger partial charge in [0.15, 0.2) is 0 Å². The van der Waals surface area contributed by atoms with Crippen LogP contribution in [-0.4, -0.2) is 47.4 Å². The van der Waals surface area contributed by atoms with E-state index in [0.717, 1.165) is 51.4 Å². The van der Waals surface area contributed by atoms with Crippen LogP contribution >= 0.6 is 0 Å². The fourth-order valence-electron chi connectivity index (χ4n) is 9.73. The summed E-state index contributed by atoms with van der Waals surface area (Å²) < 4.78 is 5.50. The number of esters is 1. The van der Waals surface area contributed by atoms with Gasteiger partial charge < -0.3 is 20.3 Å². The zero-order valence-electron chi connectivity index (χ0n) is 46.6. The van der Waals surface area contributed by atoms with E-state index in [1.165, 1.54) is 257 Å². The molecule has 0 saturated heterocycles. The topological polar surface area (TPSA) is 95.9 Å². The highest BCUT2D eigenvalue weighted by atomic mass is 16.5. The van der Waals surface area contributed by atoms with Gasteiger partial charge in [-0.15, -0.1) is 0 Å². The summed E-state index contributed by atoms with van der Waals surface area (Å²) in [5, 5.41) is 23.3. The van der Waals surface area contributed by atoms with Crippen LogP contribution in [0.3, 0.4) is 0 Å². The minimum Gasteiger partial charge on any atom is -0.466 e. The summed E-state index contributed by atoms with van der Waals surface area (Å²) >= 11 is 0. The van der Waals surface area contributed by atoms with Crippen molar-refractivity contribution in [3.05, 3.63) is 24.3 Å². The number of carbonyl (C=O) groups excluding carboxylic acids is 2. The number of allylic oxidation sites excluding steroid dienone is 4. The molecular formula is C63H121NO5. The lowest BCUT2D eigenvalue weighted by Gasteiger charge is -2.22. The van der Waals surface area contributed by atoms with Crippen molar-refractivity contribution >= 4 is 11.9 Å². The lowest BCUT2D eigenvalue weighted by molar-refractivity contribution is -0.143. The first-order valence-electron chi connectivity index (χ1n) is 31.1. The Balaban J connectivity index is 3.39. The molecule has 6 heteroatoms. The smallest absolute Gasteiger partial charge is 0.305 e. The van der Waals surface area contributed by atoms with Gasteiger partial charge in [0, 0.05) is 12.8 Å². The summed E-state index contributed by atoms with van der Waals surface area (Å²) in [4.78, 5) is 24.6.